The van der Waals surface area contributed by atoms with Crippen molar-refractivity contribution in [2.24, 2.45) is 5.92 Å². The number of carbonyl (C=O) groups is 1. The summed E-state index contributed by atoms with van der Waals surface area (Å²) in [4.78, 5) is 16.4. The SMILES string of the molecule is CCSCC[C@@H](C)N(C)CC1CCN(C(=O)OC(C)(C)C)CC1. The molecule has 0 N–H and O–H groups in total. The molecule has 136 valence electrons. The third kappa shape index (κ3) is 8.30. The number of rotatable bonds is 7. The van der Waals surface area contributed by atoms with Crippen LogP contribution in [0.3, 0.4) is 0 Å². The molecule has 0 aromatic heterocycles. The zero-order chi connectivity index (χ0) is 17.5. The summed E-state index contributed by atoms with van der Waals surface area (Å²) >= 11 is 2.02. The molecule has 0 aliphatic carbocycles. The quantitative estimate of drug-likeness (QED) is 0.651. The van der Waals surface area contributed by atoms with Crippen molar-refractivity contribution in [1.82, 2.24) is 9.80 Å². The molecular formula is C18H36N2O2S. The molecule has 4 nitrogen and oxygen atoms in total. The van der Waals surface area contributed by atoms with Crippen molar-refractivity contribution in [1.29, 1.82) is 0 Å². The zero-order valence-corrected chi connectivity index (χ0v) is 16.7. The van der Waals surface area contributed by atoms with Gasteiger partial charge in [-0.3, -0.25) is 0 Å². The van der Waals surface area contributed by atoms with Crippen molar-refractivity contribution in [2.45, 2.75) is 65.5 Å². The van der Waals surface area contributed by atoms with Crippen LogP contribution >= 0.6 is 11.8 Å². The van der Waals surface area contributed by atoms with Gasteiger partial charge in [-0.2, -0.15) is 11.8 Å². The Labute approximate surface area is 147 Å². The lowest BCUT2D eigenvalue weighted by Crippen LogP contribution is -2.44. The highest BCUT2D eigenvalue weighted by Crippen LogP contribution is 2.21. The minimum absolute atomic E-state index is 0.158. The van der Waals surface area contributed by atoms with Gasteiger partial charge in [0.25, 0.3) is 0 Å². The number of likely N-dealkylation sites (tertiary alicyclic amines) is 1. The highest BCUT2D eigenvalue weighted by Gasteiger charge is 2.27. The maximum absolute atomic E-state index is 12.1. The number of hydrogen-bond acceptors (Lipinski definition) is 4. The van der Waals surface area contributed by atoms with Crippen molar-refractivity contribution < 1.29 is 9.53 Å². The first-order chi connectivity index (χ1) is 10.7. The van der Waals surface area contributed by atoms with E-state index in [2.05, 4.69) is 25.8 Å². The van der Waals surface area contributed by atoms with Crippen molar-refractivity contribution >= 4 is 17.9 Å². The summed E-state index contributed by atoms with van der Waals surface area (Å²) in [5.74, 6) is 3.15. The van der Waals surface area contributed by atoms with Crippen LogP contribution < -0.4 is 0 Å². The van der Waals surface area contributed by atoms with Gasteiger partial charge in [0.1, 0.15) is 5.60 Å². The maximum Gasteiger partial charge on any atom is 0.410 e. The minimum Gasteiger partial charge on any atom is -0.444 e. The van der Waals surface area contributed by atoms with Crippen LogP contribution in [0.15, 0.2) is 0 Å². The van der Waals surface area contributed by atoms with Crippen molar-refractivity contribution in [3.63, 3.8) is 0 Å². The first-order valence-electron chi connectivity index (χ1n) is 8.98. The fourth-order valence-corrected chi connectivity index (χ4v) is 3.63. The van der Waals surface area contributed by atoms with Crippen LogP contribution in [0.4, 0.5) is 4.79 Å². The molecule has 23 heavy (non-hydrogen) atoms. The number of piperidine rings is 1. The van der Waals surface area contributed by atoms with Gasteiger partial charge in [0.05, 0.1) is 0 Å². The van der Waals surface area contributed by atoms with Gasteiger partial charge < -0.3 is 14.5 Å². The standard InChI is InChI=1S/C18H36N2O2S/c1-7-23-13-10-15(2)19(6)14-16-8-11-20(12-9-16)17(21)22-18(3,4)5/h15-16H,7-14H2,1-6H3/t15-/m1/s1. The summed E-state index contributed by atoms with van der Waals surface area (Å²) in [6.07, 6.45) is 3.26. The van der Waals surface area contributed by atoms with Crippen LogP contribution in [-0.2, 0) is 4.74 Å². The summed E-state index contributed by atoms with van der Waals surface area (Å²) < 4.78 is 5.46. The van der Waals surface area contributed by atoms with E-state index >= 15 is 0 Å². The lowest BCUT2D eigenvalue weighted by Gasteiger charge is -2.36. The number of amides is 1. The van der Waals surface area contributed by atoms with Gasteiger partial charge >= 0.3 is 6.09 Å². The summed E-state index contributed by atoms with van der Waals surface area (Å²) in [7, 11) is 2.24. The Morgan fingerprint density at radius 1 is 1.35 bits per heavy atom. The van der Waals surface area contributed by atoms with Gasteiger partial charge in [0, 0.05) is 25.7 Å². The van der Waals surface area contributed by atoms with Gasteiger partial charge in [-0.05, 0) is 71.4 Å². The highest BCUT2D eigenvalue weighted by molar-refractivity contribution is 7.99. The monoisotopic (exact) mass is 344 g/mol. The second kappa shape index (κ2) is 9.77. The summed E-state index contributed by atoms with van der Waals surface area (Å²) in [5, 5.41) is 0. The molecule has 0 unspecified atom stereocenters. The Morgan fingerprint density at radius 2 is 1.96 bits per heavy atom. The Balaban J connectivity index is 2.29. The second-order valence-corrected chi connectivity index (χ2v) is 9.08. The molecule has 1 fully saturated rings. The third-order valence-corrected chi connectivity index (χ3v) is 5.38. The summed E-state index contributed by atoms with van der Waals surface area (Å²) in [5.41, 5.74) is -0.403. The first kappa shape index (κ1) is 20.6. The molecule has 0 bridgehead atoms. The van der Waals surface area contributed by atoms with Gasteiger partial charge in [-0.1, -0.05) is 6.92 Å². The van der Waals surface area contributed by atoms with E-state index in [0.29, 0.717) is 12.0 Å². The van der Waals surface area contributed by atoms with Crippen molar-refractivity contribution in [2.75, 3.05) is 38.2 Å². The molecule has 1 aliphatic heterocycles. The third-order valence-electron chi connectivity index (χ3n) is 4.45. The van der Waals surface area contributed by atoms with Crippen molar-refractivity contribution in [3.05, 3.63) is 0 Å². The van der Waals surface area contributed by atoms with E-state index in [1.807, 2.05) is 37.4 Å². The average Bonchev–Trinajstić information content (AvgIpc) is 2.46. The minimum atomic E-state index is -0.403. The predicted molar refractivity (Wildman–Crippen MR) is 100 cm³/mol. The van der Waals surface area contributed by atoms with Crippen LogP contribution in [-0.4, -0.2) is 65.7 Å². The first-order valence-corrected chi connectivity index (χ1v) is 10.1. The molecule has 0 saturated carbocycles. The Bertz CT molecular complexity index is 349. The maximum atomic E-state index is 12.1. The Hall–Kier alpha value is -0.420. The molecule has 1 rings (SSSR count). The van der Waals surface area contributed by atoms with Crippen LogP contribution in [0.2, 0.25) is 0 Å². The van der Waals surface area contributed by atoms with Gasteiger partial charge in [0.15, 0.2) is 0 Å². The highest BCUT2D eigenvalue weighted by atomic mass is 32.2. The molecule has 1 atom stereocenters. The number of thioether (sulfide) groups is 1. The normalized spacial score (nSPS) is 18.3. The van der Waals surface area contributed by atoms with E-state index in [4.69, 9.17) is 4.74 Å². The average molecular weight is 345 g/mol. The van der Waals surface area contributed by atoms with E-state index in [0.717, 1.165) is 32.5 Å². The molecule has 1 saturated heterocycles. The number of nitrogens with zero attached hydrogens (tertiary/aromatic N) is 2. The van der Waals surface area contributed by atoms with E-state index < -0.39 is 5.60 Å². The van der Waals surface area contributed by atoms with Gasteiger partial charge in [-0.15, -0.1) is 0 Å². The van der Waals surface area contributed by atoms with Gasteiger partial charge in [0.2, 0.25) is 0 Å². The molecule has 1 amide bonds. The lowest BCUT2D eigenvalue weighted by atomic mass is 9.96. The zero-order valence-electron chi connectivity index (χ0n) is 15.9. The molecule has 1 heterocycles. The smallest absolute Gasteiger partial charge is 0.410 e. The molecule has 5 heteroatoms. The van der Waals surface area contributed by atoms with E-state index in [1.165, 1.54) is 17.9 Å². The summed E-state index contributed by atoms with van der Waals surface area (Å²) in [6, 6.07) is 0.637. The summed E-state index contributed by atoms with van der Waals surface area (Å²) in [6.45, 7) is 13.1. The number of hydrogen-bond donors (Lipinski definition) is 0. The van der Waals surface area contributed by atoms with Crippen LogP contribution in [0.5, 0.6) is 0 Å². The van der Waals surface area contributed by atoms with E-state index in [1.54, 1.807) is 0 Å². The second-order valence-electron chi connectivity index (χ2n) is 7.68. The molecular weight excluding hydrogens is 308 g/mol. The van der Waals surface area contributed by atoms with E-state index in [9.17, 15) is 4.79 Å². The van der Waals surface area contributed by atoms with Gasteiger partial charge in [-0.25, -0.2) is 4.79 Å². The molecule has 0 radical (unpaired) electrons. The molecule has 0 spiro atoms. The lowest BCUT2D eigenvalue weighted by molar-refractivity contribution is 0.0168. The topological polar surface area (TPSA) is 32.8 Å². The van der Waals surface area contributed by atoms with Crippen molar-refractivity contribution in [3.8, 4) is 0 Å². The Morgan fingerprint density at radius 3 is 2.48 bits per heavy atom. The van der Waals surface area contributed by atoms with Crippen LogP contribution in [0, 0.1) is 5.92 Å². The van der Waals surface area contributed by atoms with Crippen LogP contribution in [0.1, 0.15) is 53.9 Å². The predicted octanol–water partition coefficient (Wildman–Crippen LogP) is 4.10. The van der Waals surface area contributed by atoms with Crippen LogP contribution in [0.25, 0.3) is 0 Å². The Kier molecular flexibility index (Phi) is 8.76. The molecule has 0 aromatic carbocycles. The fraction of sp³-hybridized carbons (Fsp3) is 0.944. The largest absolute Gasteiger partial charge is 0.444 e. The number of ether oxygens (including phenoxy) is 1. The number of carbonyl (C=O) groups excluding carboxylic acids is 1. The molecule has 0 aromatic rings. The molecule has 1 aliphatic rings. The van der Waals surface area contributed by atoms with E-state index in [-0.39, 0.29) is 6.09 Å². The fourth-order valence-electron chi connectivity index (χ4n) is 2.83.